The van der Waals surface area contributed by atoms with E-state index in [4.69, 9.17) is 4.74 Å². The first-order valence-electron chi connectivity index (χ1n) is 7.34. The van der Waals surface area contributed by atoms with Crippen LogP contribution in [0.1, 0.15) is 28.9 Å². The molecule has 2 aromatic carbocycles. The Morgan fingerprint density at radius 3 is 2.55 bits per heavy atom. The first kappa shape index (κ1) is 14.8. The molecule has 0 saturated heterocycles. The Balaban J connectivity index is 1.72. The van der Waals surface area contributed by atoms with E-state index in [1.165, 1.54) is 7.11 Å². The molecule has 3 atom stereocenters. The molecule has 2 N–H and O–H groups in total. The third kappa shape index (κ3) is 2.75. The van der Waals surface area contributed by atoms with E-state index in [0.29, 0.717) is 6.42 Å². The zero-order valence-corrected chi connectivity index (χ0v) is 12.4. The van der Waals surface area contributed by atoms with Crippen molar-refractivity contribution in [3.8, 4) is 0 Å². The Morgan fingerprint density at radius 1 is 1.18 bits per heavy atom. The average molecular weight is 297 g/mol. The molecule has 0 aliphatic heterocycles. The molecular weight excluding hydrogens is 278 g/mol. The van der Waals surface area contributed by atoms with E-state index in [0.717, 1.165) is 16.7 Å². The van der Waals surface area contributed by atoms with Crippen LogP contribution in [0.2, 0.25) is 0 Å². The summed E-state index contributed by atoms with van der Waals surface area (Å²) in [4.78, 5) is 12.5. The minimum atomic E-state index is -0.673. The number of fused-ring (bicyclic) bond motifs is 1. The Hall–Kier alpha value is -2.17. The molecule has 0 spiro atoms. The maximum Gasteiger partial charge on any atom is 0.254 e. The van der Waals surface area contributed by atoms with Crippen molar-refractivity contribution in [1.82, 2.24) is 5.32 Å². The van der Waals surface area contributed by atoms with Gasteiger partial charge in [-0.25, -0.2) is 0 Å². The number of benzene rings is 2. The van der Waals surface area contributed by atoms with Gasteiger partial charge in [0.15, 0.2) is 6.10 Å². The van der Waals surface area contributed by atoms with E-state index in [1.54, 1.807) is 0 Å². The molecule has 0 bridgehead atoms. The van der Waals surface area contributed by atoms with Gasteiger partial charge < -0.3 is 15.2 Å². The van der Waals surface area contributed by atoms with Crippen LogP contribution in [0.5, 0.6) is 0 Å². The number of carbonyl (C=O) groups is 1. The topological polar surface area (TPSA) is 58.6 Å². The summed E-state index contributed by atoms with van der Waals surface area (Å²) in [6.07, 6.45) is -0.709. The molecule has 0 radical (unpaired) electrons. The largest absolute Gasteiger partial charge is 0.386 e. The summed E-state index contributed by atoms with van der Waals surface area (Å²) >= 11 is 0. The number of ether oxygens (including phenoxy) is 1. The molecule has 3 rings (SSSR count). The van der Waals surface area contributed by atoms with Crippen LogP contribution in [0.3, 0.4) is 0 Å². The molecule has 0 saturated carbocycles. The Bertz CT molecular complexity index is 656. The molecule has 4 heteroatoms. The fourth-order valence-corrected chi connectivity index (χ4v) is 2.98. The third-order valence-corrected chi connectivity index (χ3v) is 4.10. The van der Waals surface area contributed by atoms with Gasteiger partial charge in [0.1, 0.15) is 0 Å². The van der Waals surface area contributed by atoms with Crippen molar-refractivity contribution in [2.75, 3.05) is 7.11 Å². The summed E-state index contributed by atoms with van der Waals surface area (Å²) in [7, 11) is 1.51. The first-order valence-corrected chi connectivity index (χ1v) is 7.34. The molecule has 1 aliphatic carbocycles. The Morgan fingerprint density at radius 2 is 1.86 bits per heavy atom. The standard InChI is InChI=1S/C18H19NO3/c1-22-17(12-7-3-2-4-8-12)18(21)19-15-11-13-9-5-6-10-14(13)16(15)20/h2-10,15-17,20H,11H2,1H3,(H,19,21)/t15-,16-,17+/m1/s1. The SMILES string of the molecule is CO[C@H](C(=O)N[C@@H]1Cc2ccccc2[C@H]1O)c1ccccc1. The van der Waals surface area contributed by atoms with E-state index in [9.17, 15) is 9.90 Å². The summed E-state index contributed by atoms with van der Waals surface area (Å²) < 4.78 is 5.33. The van der Waals surface area contributed by atoms with E-state index >= 15 is 0 Å². The lowest BCUT2D eigenvalue weighted by atomic mass is 10.1. The lowest BCUT2D eigenvalue weighted by Crippen LogP contribution is -2.41. The van der Waals surface area contributed by atoms with Gasteiger partial charge in [0.05, 0.1) is 12.1 Å². The second-order valence-electron chi connectivity index (χ2n) is 5.49. The number of hydrogen-bond acceptors (Lipinski definition) is 3. The lowest BCUT2D eigenvalue weighted by molar-refractivity contribution is -0.133. The van der Waals surface area contributed by atoms with Crippen LogP contribution < -0.4 is 5.32 Å². The highest BCUT2D eigenvalue weighted by atomic mass is 16.5. The van der Waals surface area contributed by atoms with Gasteiger partial charge in [-0.05, 0) is 23.1 Å². The maximum atomic E-state index is 12.5. The molecule has 0 fully saturated rings. The minimum Gasteiger partial charge on any atom is -0.386 e. The number of methoxy groups -OCH3 is 1. The summed E-state index contributed by atoms with van der Waals surface area (Å²) in [6.45, 7) is 0. The van der Waals surface area contributed by atoms with Crippen LogP contribution in [0.25, 0.3) is 0 Å². The van der Waals surface area contributed by atoms with Crippen LogP contribution in [0.4, 0.5) is 0 Å². The van der Waals surface area contributed by atoms with Crippen molar-refractivity contribution < 1.29 is 14.6 Å². The monoisotopic (exact) mass is 297 g/mol. The van der Waals surface area contributed by atoms with E-state index in [2.05, 4.69) is 5.32 Å². The minimum absolute atomic E-state index is 0.231. The second-order valence-corrected chi connectivity index (χ2v) is 5.49. The van der Waals surface area contributed by atoms with Gasteiger partial charge in [0, 0.05) is 7.11 Å². The smallest absolute Gasteiger partial charge is 0.254 e. The summed E-state index contributed by atoms with van der Waals surface area (Å²) in [5, 5.41) is 13.3. The van der Waals surface area contributed by atoms with Gasteiger partial charge in [0.25, 0.3) is 5.91 Å². The molecule has 114 valence electrons. The summed E-state index contributed by atoms with van der Waals surface area (Å²) in [6, 6.07) is 16.8. The molecule has 0 unspecified atom stereocenters. The van der Waals surface area contributed by atoms with Crippen molar-refractivity contribution in [3.63, 3.8) is 0 Å². The first-order chi connectivity index (χ1) is 10.7. The predicted molar refractivity (Wildman–Crippen MR) is 83.2 cm³/mol. The van der Waals surface area contributed by atoms with Crippen molar-refractivity contribution in [1.29, 1.82) is 0 Å². The fourth-order valence-electron chi connectivity index (χ4n) is 2.98. The normalized spacial score (nSPS) is 21.2. The zero-order chi connectivity index (χ0) is 15.5. The van der Waals surface area contributed by atoms with Gasteiger partial charge in [-0.1, -0.05) is 54.6 Å². The van der Waals surface area contributed by atoms with Crippen LogP contribution in [0.15, 0.2) is 54.6 Å². The highest BCUT2D eigenvalue weighted by Crippen LogP contribution is 2.31. The maximum absolute atomic E-state index is 12.5. The molecule has 0 heterocycles. The van der Waals surface area contributed by atoms with Gasteiger partial charge in [-0.2, -0.15) is 0 Å². The number of hydrogen-bond donors (Lipinski definition) is 2. The highest BCUT2D eigenvalue weighted by Gasteiger charge is 2.33. The lowest BCUT2D eigenvalue weighted by Gasteiger charge is -2.21. The van der Waals surface area contributed by atoms with E-state index in [-0.39, 0.29) is 11.9 Å². The van der Waals surface area contributed by atoms with Crippen LogP contribution in [-0.2, 0) is 16.0 Å². The third-order valence-electron chi connectivity index (χ3n) is 4.10. The number of nitrogens with one attached hydrogen (secondary N) is 1. The summed E-state index contributed by atoms with van der Waals surface area (Å²) in [5.74, 6) is -0.231. The van der Waals surface area contributed by atoms with E-state index in [1.807, 2.05) is 54.6 Å². The molecule has 22 heavy (non-hydrogen) atoms. The van der Waals surface area contributed by atoms with Crippen LogP contribution >= 0.6 is 0 Å². The number of carbonyl (C=O) groups excluding carboxylic acids is 1. The molecular formula is C18H19NO3. The zero-order valence-electron chi connectivity index (χ0n) is 12.4. The quantitative estimate of drug-likeness (QED) is 0.909. The fraction of sp³-hybridized carbons (Fsp3) is 0.278. The van der Waals surface area contributed by atoms with Gasteiger partial charge in [-0.15, -0.1) is 0 Å². The summed E-state index contributed by atoms with van der Waals surface area (Å²) in [5.41, 5.74) is 2.77. The van der Waals surface area contributed by atoms with Crippen molar-refractivity contribution >= 4 is 5.91 Å². The van der Waals surface area contributed by atoms with Gasteiger partial charge in [0.2, 0.25) is 0 Å². The van der Waals surface area contributed by atoms with E-state index < -0.39 is 12.2 Å². The highest BCUT2D eigenvalue weighted by molar-refractivity contribution is 5.82. The van der Waals surface area contributed by atoms with Crippen molar-refractivity contribution in [3.05, 3.63) is 71.3 Å². The molecule has 1 aliphatic rings. The second kappa shape index (κ2) is 6.30. The van der Waals surface area contributed by atoms with Crippen LogP contribution in [0, 0.1) is 0 Å². The average Bonchev–Trinajstić information content (AvgIpc) is 2.86. The van der Waals surface area contributed by atoms with Gasteiger partial charge in [-0.3, -0.25) is 4.79 Å². The Labute approximate surface area is 129 Å². The molecule has 1 amide bonds. The van der Waals surface area contributed by atoms with Crippen LogP contribution in [-0.4, -0.2) is 24.2 Å². The molecule has 0 aromatic heterocycles. The number of amides is 1. The number of aliphatic hydroxyl groups excluding tert-OH is 1. The van der Waals surface area contributed by atoms with Crippen molar-refractivity contribution in [2.45, 2.75) is 24.7 Å². The molecule has 4 nitrogen and oxygen atoms in total. The Kier molecular flexibility index (Phi) is 4.22. The van der Waals surface area contributed by atoms with Gasteiger partial charge >= 0.3 is 0 Å². The molecule has 2 aromatic rings. The number of rotatable bonds is 4. The number of aliphatic hydroxyl groups is 1. The predicted octanol–water partition coefficient (Wildman–Crippen LogP) is 2.15. The van der Waals surface area contributed by atoms with Crippen molar-refractivity contribution in [2.24, 2.45) is 0 Å².